The number of amides is 1. The molecule has 1 aromatic carbocycles. The van der Waals surface area contributed by atoms with Gasteiger partial charge in [-0.2, -0.15) is 0 Å². The molecular weight excluding hydrogens is 259 g/mol. The normalized spacial score (nSPS) is 14.3. The lowest BCUT2D eigenvalue weighted by atomic mass is 10.2. The van der Waals surface area contributed by atoms with E-state index >= 15 is 0 Å². The van der Waals surface area contributed by atoms with Crippen LogP contribution in [-0.2, 0) is 6.54 Å². The van der Waals surface area contributed by atoms with Crippen LogP contribution in [0, 0.1) is 5.82 Å². The Kier molecular flexibility index (Phi) is 3.26. The minimum absolute atomic E-state index is 0.190. The topological polar surface area (TPSA) is 46.3 Å². The molecule has 104 valence electrons. The fourth-order valence-corrected chi connectivity index (χ4v) is 2.08. The zero-order valence-electron chi connectivity index (χ0n) is 11.2. The van der Waals surface area contributed by atoms with Gasteiger partial charge in [-0.15, -0.1) is 0 Å². The molecule has 0 bridgehead atoms. The predicted molar refractivity (Wildman–Crippen MR) is 70.7 cm³/mol. The number of hydrogen-bond donors (Lipinski definition) is 0. The van der Waals surface area contributed by atoms with E-state index in [2.05, 4.69) is 5.16 Å². The molecule has 1 aliphatic rings. The summed E-state index contributed by atoms with van der Waals surface area (Å²) in [5, 5.41) is 3.83. The second kappa shape index (κ2) is 5.07. The van der Waals surface area contributed by atoms with Crippen LogP contribution in [0.5, 0.6) is 0 Å². The highest BCUT2D eigenvalue weighted by Crippen LogP contribution is 2.40. The Morgan fingerprint density at radius 1 is 1.40 bits per heavy atom. The molecule has 4 nitrogen and oxygen atoms in total. The maximum Gasteiger partial charge on any atom is 0.276 e. The minimum Gasteiger partial charge on any atom is -0.360 e. The number of halogens is 1. The number of carbonyl (C=O) groups excluding carboxylic acids is 1. The lowest BCUT2D eigenvalue weighted by Gasteiger charge is -2.15. The monoisotopic (exact) mass is 274 g/mol. The van der Waals surface area contributed by atoms with Crippen molar-refractivity contribution in [2.24, 2.45) is 0 Å². The maximum atomic E-state index is 12.8. The first-order valence-electron chi connectivity index (χ1n) is 6.60. The van der Waals surface area contributed by atoms with Crippen LogP contribution in [0.4, 0.5) is 4.39 Å². The summed E-state index contributed by atoms with van der Waals surface area (Å²) in [4.78, 5) is 13.7. The van der Waals surface area contributed by atoms with Gasteiger partial charge in [-0.3, -0.25) is 4.79 Å². The van der Waals surface area contributed by atoms with Gasteiger partial charge in [0.05, 0.1) is 0 Å². The smallest absolute Gasteiger partial charge is 0.276 e. The van der Waals surface area contributed by atoms with Crippen LogP contribution in [0.25, 0.3) is 0 Å². The number of nitrogens with zero attached hydrogens (tertiary/aromatic N) is 2. The van der Waals surface area contributed by atoms with Crippen molar-refractivity contribution in [1.82, 2.24) is 10.1 Å². The molecular formula is C15H15FN2O2. The summed E-state index contributed by atoms with van der Waals surface area (Å²) in [5.41, 5.74) is 1.20. The van der Waals surface area contributed by atoms with E-state index in [1.807, 2.05) is 0 Å². The fourth-order valence-electron chi connectivity index (χ4n) is 2.08. The molecule has 20 heavy (non-hydrogen) atoms. The van der Waals surface area contributed by atoms with Crippen molar-refractivity contribution >= 4 is 5.91 Å². The first-order chi connectivity index (χ1) is 9.63. The fraction of sp³-hybridized carbons (Fsp3) is 0.333. The van der Waals surface area contributed by atoms with Gasteiger partial charge in [0.1, 0.15) is 11.6 Å². The molecule has 1 fully saturated rings. The molecule has 2 aromatic rings. The summed E-state index contributed by atoms with van der Waals surface area (Å²) in [7, 11) is 1.69. The van der Waals surface area contributed by atoms with Crippen molar-refractivity contribution in [3.63, 3.8) is 0 Å². The van der Waals surface area contributed by atoms with Gasteiger partial charge in [-0.05, 0) is 30.5 Å². The summed E-state index contributed by atoms with van der Waals surface area (Å²) < 4.78 is 18.0. The van der Waals surface area contributed by atoms with Crippen LogP contribution in [-0.4, -0.2) is 23.0 Å². The number of aromatic nitrogens is 1. The van der Waals surface area contributed by atoms with E-state index in [1.165, 1.54) is 12.1 Å². The molecule has 1 heterocycles. The lowest BCUT2D eigenvalue weighted by molar-refractivity contribution is 0.0774. The van der Waals surface area contributed by atoms with Crippen molar-refractivity contribution < 1.29 is 13.7 Å². The zero-order valence-corrected chi connectivity index (χ0v) is 11.2. The van der Waals surface area contributed by atoms with E-state index in [9.17, 15) is 9.18 Å². The molecule has 0 spiro atoms. The van der Waals surface area contributed by atoms with E-state index < -0.39 is 0 Å². The van der Waals surface area contributed by atoms with Crippen molar-refractivity contribution in [2.75, 3.05) is 7.05 Å². The van der Waals surface area contributed by atoms with Crippen LogP contribution < -0.4 is 0 Å². The number of rotatable bonds is 4. The quantitative estimate of drug-likeness (QED) is 0.861. The number of hydrogen-bond acceptors (Lipinski definition) is 3. The highest BCUT2D eigenvalue weighted by atomic mass is 19.1. The second-order valence-electron chi connectivity index (χ2n) is 5.18. The SMILES string of the molecule is CN(Cc1ccc(F)cc1)C(=O)c1cc(C2CC2)on1. The van der Waals surface area contributed by atoms with Crippen molar-refractivity contribution in [3.8, 4) is 0 Å². The van der Waals surface area contributed by atoms with E-state index in [0.29, 0.717) is 18.2 Å². The Bertz CT molecular complexity index is 617. The van der Waals surface area contributed by atoms with Gasteiger partial charge in [0.25, 0.3) is 5.91 Å². The molecule has 3 rings (SSSR count). The molecule has 0 saturated heterocycles. The number of benzene rings is 1. The summed E-state index contributed by atoms with van der Waals surface area (Å²) in [6, 6.07) is 7.82. The second-order valence-corrected chi connectivity index (χ2v) is 5.18. The Balaban J connectivity index is 1.67. The van der Waals surface area contributed by atoms with Gasteiger partial charge in [0.15, 0.2) is 5.69 Å². The molecule has 0 atom stereocenters. The average molecular weight is 274 g/mol. The number of carbonyl (C=O) groups is 1. The largest absolute Gasteiger partial charge is 0.360 e. The average Bonchev–Trinajstić information content (AvgIpc) is 3.18. The van der Waals surface area contributed by atoms with Gasteiger partial charge in [-0.1, -0.05) is 17.3 Å². The first kappa shape index (κ1) is 12.8. The van der Waals surface area contributed by atoms with Gasteiger partial charge >= 0.3 is 0 Å². The van der Waals surface area contributed by atoms with Gasteiger partial charge in [0, 0.05) is 25.6 Å². The Labute approximate surface area is 116 Å². The first-order valence-corrected chi connectivity index (χ1v) is 6.60. The third kappa shape index (κ3) is 2.71. The van der Waals surface area contributed by atoms with Crippen molar-refractivity contribution in [3.05, 3.63) is 53.2 Å². The molecule has 1 saturated carbocycles. The maximum absolute atomic E-state index is 12.8. The molecule has 1 aromatic heterocycles. The van der Waals surface area contributed by atoms with E-state index in [1.54, 1.807) is 30.1 Å². The molecule has 1 amide bonds. The minimum atomic E-state index is -0.284. The van der Waals surface area contributed by atoms with Crippen LogP contribution in [0.15, 0.2) is 34.9 Å². The Morgan fingerprint density at radius 2 is 2.10 bits per heavy atom. The van der Waals surface area contributed by atoms with E-state index in [0.717, 1.165) is 24.2 Å². The van der Waals surface area contributed by atoms with Crippen LogP contribution in [0.3, 0.4) is 0 Å². The summed E-state index contributed by atoms with van der Waals surface area (Å²) in [5.74, 6) is 0.758. The Morgan fingerprint density at radius 3 is 2.75 bits per heavy atom. The van der Waals surface area contributed by atoms with Gasteiger partial charge in [-0.25, -0.2) is 4.39 Å². The summed E-state index contributed by atoms with van der Waals surface area (Å²) >= 11 is 0. The molecule has 0 radical (unpaired) electrons. The third-order valence-corrected chi connectivity index (χ3v) is 3.41. The van der Waals surface area contributed by atoms with Crippen LogP contribution >= 0.6 is 0 Å². The highest BCUT2D eigenvalue weighted by molar-refractivity contribution is 5.92. The standard InChI is InChI=1S/C15H15FN2O2/c1-18(9-10-2-6-12(16)7-3-10)15(19)13-8-14(20-17-13)11-4-5-11/h2-3,6-8,11H,4-5,9H2,1H3. The zero-order chi connectivity index (χ0) is 14.1. The summed E-state index contributed by atoms with van der Waals surface area (Å²) in [6.07, 6.45) is 2.21. The molecule has 1 aliphatic carbocycles. The lowest BCUT2D eigenvalue weighted by Crippen LogP contribution is -2.26. The molecule has 0 unspecified atom stereocenters. The summed E-state index contributed by atoms with van der Waals surface area (Å²) in [6.45, 7) is 0.407. The molecule has 5 heteroatoms. The van der Waals surface area contributed by atoms with Crippen LogP contribution in [0.2, 0.25) is 0 Å². The Hall–Kier alpha value is -2.17. The van der Waals surface area contributed by atoms with E-state index in [-0.39, 0.29) is 11.7 Å². The van der Waals surface area contributed by atoms with Crippen molar-refractivity contribution in [1.29, 1.82) is 0 Å². The molecule has 0 N–H and O–H groups in total. The highest BCUT2D eigenvalue weighted by Gasteiger charge is 2.29. The van der Waals surface area contributed by atoms with Crippen LogP contribution in [0.1, 0.15) is 40.6 Å². The van der Waals surface area contributed by atoms with Gasteiger partial charge < -0.3 is 9.42 Å². The predicted octanol–water partition coefficient (Wildman–Crippen LogP) is 2.96. The third-order valence-electron chi connectivity index (χ3n) is 3.41. The van der Waals surface area contributed by atoms with E-state index in [4.69, 9.17) is 4.52 Å². The molecule has 0 aliphatic heterocycles. The van der Waals surface area contributed by atoms with Crippen molar-refractivity contribution in [2.45, 2.75) is 25.3 Å². The van der Waals surface area contributed by atoms with Gasteiger partial charge in [0.2, 0.25) is 0 Å².